The van der Waals surface area contributed by atoms with Gasteiger partial charge in [-0.3, -0.25) is 14.2 Å². The van der Waals surface area contributed by atoms with Crippen molar-refractivity contribution in [2.24, 2.45) is 0 Å². The largest absolute Gasteiger partial charge is 0.420 e. The van der Waals surface area contributed by atoms with Crippen molar-refractivity contribution >= 4 is 22.9 Å². The Morgan fingerprint density at radius 1 is 1.00 bits per heavy atom. The van der Waals surface area contributed by atoms with Gasteiger partial charge in [0.25, 0.3) is 5.91 Å². The van der Waals surface area contributed by atoms with E-state index < -0.39 is 5.76 Å². The molecule has 1 saturated heterocycles. The van der Waals surface area contributed by atoms with Gasteiger partial charge in [-0.25, -0.2) is 4.79 Å². The Morgan fingerprint density at radius 3 is 2.43 bits per heavy atom. The van der Waals surface area contributed by atoms with Crippen molar-refractivity contribution < 1.29 is 14.0 Å². The van der Waals surface area contributed by atoms with Gasteiger partial charge in [0.1, 0.15) is 6.54 Å². The van der Waals surface area contributed by atoms with Crippen LogP contribution >= 0.6 is 0 Å². The number of oxazole rings is 1. The summed E-state index contributed by atoms with van der Waals surface area (Å²) in [7, 11) is 0. The van der Waals surface area contributed by atoms with Gasteiger partial charge in [0.05, 0.1) is 5.52 Å². The maximum Gasteiger partial charge on any atom is 0.420 e. The first-order chi connectivity index (χ1) is 13.6. The summed E-state index contributed by atoms with van der Waals surface area (Å²) in [4.78, 5) is 38.7. The van der Waals surface area contributed by atoms with Crippen LogP contribution < -0.4 is 11.1 Å². The molecule has 2 heterocycles. The molecule has 2 aromatic carbocycles. The minimum atomic E-state index is -0.528. The third-order valence-corrected chi connectivity index (χ3v) is 5.09. The van der Waals surface area contributed by atoms with Crippen molar-refractivity contribution in [1.29, 1.82) is 0 Å². The van der Waals surface area contributed by atoms with E-state index in [2.05, 4.69) is 5.32 Å². The zero-order valence-corrected chi connectivity index (χ0v) is 15.3. The molecule has 7 nitrogen and oxygen atoms in total. The van der Waals surface area contributed by atoms with Crippen LogP contribution in [0.15, 0.2) is 63.8 Å². The Balaban J connectivity index is 1.34. The number of rotatable bonds is 4. The van der Waals surface area contributed by atoms with Crippen LogP contribution in [0.25, 0.3) is 11.1 Å². The van der Waals surface area contributed by atoms with Gasteiger partial charge in [-0.1, -0.05) is 30.3 Å². The first-order valence-corrected chi connectivity index (χ1v) is 9.34. The second-order valence-corrected chi connectivity index (χ2v) is 6.92. The standard InChI is InChI=1S/C21H21N3O4/c25-19(14-24-17-8-4-5-9-18(17)28-21(24)27)23-12-10-16(11-13-23)22-20(26)15-6-2-1-3-7-15/h1-9,16H,10-14H2,(H,22,26). The quantitative estimate of drug-likeness (QED) is 0.752. The van der Waals surface area contributed by atoms with Gasteiger partial charge >= 0.3 is 5.76 Å². The number of para-hydroxylation sites is 2. The molecule has 4 rings (SSSR count). The number of carbonyl (C=O) groups is 2. The summed E-state index contributed by atoms with van der Waals surface area (Å²) in [6.45, 7) is 1.04. The van der Waals surface area contributed by atoms with Crippen molar-refractivity contribution in [2.75, 3.05) is 13.1 Å². The van der Waals surface area contributed by atoms with Crippen molar-refractivity contribution in [1.82, 2.24) is 14.8 Å². The summed E-state index contributed by atoms with van der Waals surface area (Å²) >= 11 is 0. The minimum absolute atomic E-state index is 0.0363. The predicted molar refractivity (Wildman–Crippen MR) is 104 cm³/mol. The number of fused-ring (bicyclic) bond motifs is 1. The van der Waals surface area contributed by atoms with Gasteiger partial charge in [-0.2, -0.15) is 0 Å². The summed E-state index contributed by atoms with van der Waals surface area (Å²) in [6.07, 6.45) is 1.37. The van der Waals surface area contributed by atoms with Crippen molar-refractivity contribution in [3.63, 3.8) is 0 Å². The molecule has 1 fully saturated rings. The molecule has 0 unspecified atom stereocenters. The van der Waals surface area contributed by atoms with E-state index in [0.29, 0.717) is 42.6 Å². The van der Waals surface area contributed by atoms with Crippen LogP contribution in [-0.4, -0.2) is 40.4 Å². The van der Waals surface area contributed by atoms with Crippen LogP contribution in [0, 0.1) is 0 Å². The molecule has 0 aliphatic carbocycles. The van der Waals surface area contributed by atoms with Gasteiger partial charge in [0.2, 0.25) is 5.91 Å². The lowest BCUT2D eigenvalue weighted by Gasteiger charge is -2.32. The molecular weight excluding hydrogens is 358 g/mol. The molecule has 0 radical (unpaired) electrons. The molecule has 2 amide bonds. The number of hydrogen-bond donors (Lipinski definition) is 1. The SMILES string of the molecule is O=C(NC1CCN(C(=O)Cn2c(=O)oc3ccccc32)CC1)c1ccccc1. The lowest BCUT2D eigenvalue weighted by molar-refractivity contribution is -0.132. The van der Waals surface area contributed by atoms with E-state index in [4.69, 9.17) is 4.42 Å². The lowest BCUT2D eigenvalue weighted by atomic mass is 10.0. The molecule has 7 heteroatoms. The Hall–Kier alpha value is -3.35. The molecule has 28 heavy (non-hydrogen) atoms. The van der Waals surface area contributed by atoms with Crippen LogP contribution in [0.3, 0.4) is 0 Å². The maximum atomic E-state index is 12.6. The summed E-state index contributed by atoms with van der Waals surface area (Å²) in [5.41, 5.74) is 1.72. The second-order valence-electron chi connectivity index (χ2n) is 6.92. The number of nitrogens with one attached hydrogen (secondary N) is 1. The first kappa shape index (κ1) is 18.0. The Labute approximate surface area is 161 Å². The molecule has 1 aromatic heterocycles. The predicted octanol–water partition coefficient (Wildman–Crippen LogP) is 2.02. The second kappa shape index (κ2) is 7.72. The minimum Gasteiger partial charge on any atom is -0.408 e. The van der Waals surface area contributed by atoms with E-state index in [1.54, 1.807) is 41.3 Å². The fraction of sp³-hybridized carbons (Fsp3) is 0.286. The highest BCUT2D eigenvalue weighted by Gasteiger charge is 2.25. The first-order valence-electron chi connectivity index (χ1n) is 9.34. The van der Waals surface area contributed by atoms with E-state index in [-0.39, 0.29) is 24.4 Å². The average Bonchev–Trinajstić information content (AvgIpc) is 3.04. The average molecular weight is 379 g/mol. The number of benzene rings is 2. The molecule has 3 aromatic rings. The number of likely N-dealkylation sites (tertiary alicyclic amines) is 1. The topological polar surface area (TPSA) is 84.5 Å². The van der Waals surface area contributed by atoms with Gasteiger partial charge in [-0.15, -0.1) is 0 Å². The third-order valence-electron chi connectivity index (χ3n) is 5.09. The summed E-state index contributed by atoms with van der Waals surface area (Å²) in [5, 5.41) is 3.03. The number of piperidine rings is 1. The van der Waals surface area contributed by atoms with Crippen LogP contribution in [0.1, 0.15) is 23.2 Å². The van der Waals surface area contributed by atoms with E-state index in [1.807, 2.05) is 18.2 Å². The number of amides is 2. The zero-order chi connectivity index (χ0) is 19.5. The van der Waals surface area contributed by atoms with Gasteiger partial charge < -0.3 is 14.6 Å². The Kier molecular flexibility index (Phi) is 4.97. The molecule has 0 bridgehead atoms. The molecule has 1 aliphatic heterocycles. The smallest absolute Gasteiger partial charge is 0.408 e. The molecule has 1 aliphatic rings. The Bertz CT molecular complexity index is 1050. The number of carbonyl (C=O) groups excluding carboxylic acids is 2. The van der Waals surface area contributed by atoms with Crippen LogP contribution in [0.2, 0.25) is 0 Å². The lowest BCUT2D eigenvalue weighted by Crippen LogP contribution is -2.47. The highest BCUT2D eigenvalue weighted by Crippen LogP contribution is 2.15. The van der Waals surface area contributed by atoms with Crippen LogP contribution in [-0.2, 0) is 11.3 Å². The summed E-state index contributed by atoms with van der Waals surface area (Å²) in [6, 6.07) is 16.2. The van der Waals surface area contributed by atoms with Crippen molar-refractivity contribution in [2.45, 2.75) is 25.4 Å². The maximum absolute atomic E-state index is 12.6. The van der Waals surface area contributed by atoms with Gasteiger partial charge in [-0.05, 0) is 37.1 Å². The number of nitrogens with zero attached hydrogens (tertiary/aromatic N) is 2. The highest BCUT2D eigenvalue weighted by atomic mass is 16.4. The van der Waals surface area contributed by atoms with E-state index in [9.17, 15) is 14.4 Å². The normalized spacial score (nSPS) is 14.9. The van der Waals surface area contributed by atoms with Crippen molar-refractivity contribution in [3.05, 3.63) is 70.7 Å². The van der Waals surface area contributed by atoms with E-state index in [0.717, 1.165) is 0 Å². The van der Waals surface area contributed by atoms with Crippen LogP contribution in [0.4, 0.5) is 0 Å². The fourth-order valence-corrected chi connectivity index (χ4v) is 3.53. The molecule has 1 N–H and O–H groups in total. The monoisotopic (exact) mass is 379 g/mol. The van der Waals surface area contributed by atoms with E-state index in [1.165, 1.54) is 4.57 Å². The Morgan fingerprint density at radius 2 is 1.68 bits per heavy atom. The molecular formula is C21H21N3O4. The fourth-order valence-electron chi connectivity index (χ4n) is 3.53. The van der Waals surface area contributed by atoms with Crippen molar-refractivity contribution in [3.8, 4) is 0 Å². The summed E-state index contributed by atoms with van der Waals surface area (Å²) in [5.74, 6) is -0.747. The molecule has 144 valence electrons. The van der Waals surface area contributed by atoms with Gasteiger partial charge in [0, 0.05) is 24.7 Å². The van der Waals surface area contributed by atoms with E-state index >= 15 is 0 Å². The van der Waals surface area contributed by atoms with Crippen LogP contribution in [0.5, 0.6) is 0 Å². The molecule has 0 atom stereocenters. The summed E-state index contributed by atoms with van der Waals surface area (Å²) < 4.78 is 6.54. The van der Waals surface area contributed by atoms with Gasteiger partial charge in [0.15, 0.2) is 5.58 Å². The third kappa shape index (κ3) is 3.69. The number of aromatic nitrogens is 1. The zero-order valence-electron chi connectivity index (χ0n) is 15.3. The molecule has 0 spiro atoms. The highest BCUT2D eigenvalue weighted by molar-refractivity contribution is 5.94. The molecule has 0 saturated carbocycles. The number of hydrogen-bond acceptors (Lipinski definition) is 4.